The van der Waals surface area contributed by atoms with E-state index in [1.807, 2.05) is 0 Å². The average Bonchev–Trinajstić information content (AvgIpc) is 1.90. The second-order valence-electron chi connectivity index (χ2n) is 1.62. The summed E-state index contributed by atoms with van der Waals surface area (Å²) >= 11 is 0. The Morgan fingerprint density at radius 1 is 1.33 bits per heavy atom. The third-order valence-corrected chi connectivity index (χ3v) is 0.846. The van der Waals surface area contributed by atoms with Crippen LogP contribution in [0.4, 0.5) is 0 Å². The molecule has 70 valence electrons. The summed E-state index contributed by atoms with van der Waals surface area (Å²) in [6.07, 6.45) is 0. The molecule has 0 saturated carbocycles. The van der Waals surface area contributed by atoms with Crippen molar-refractivity contribution in [3.63, 3.8) is 0 Å². The van der Waals surface area contributed by atoms with Gasteiger partial charge in [-0.2, -0.15) is 0 Å². The molecule has 0 aromatic heterocycles. The Hall–Kier alpha value is 1.54. The molecule has 0 atom stereocenters. The fourth-order valence-corrected chi connectivity index (χ4v) is 0.516. The van der Waals surface area contributed by atoms with Crippen molar-refractivity contribution in [2.24, 2.45) is 0 Å². The quantitative estimate of drug-likeness (QED) is 0.285. The van der Waals surface area contributed by atoms with Crippen molar-refractivity contribution in [1.82, 2.24) is 5.32 Å². The molecule has 0 aliphatic carbocycles. The normalized spacial score (nSPS) is 14.2. The van der Waals surface area contributed by atoms with E-state index in [0.717, 1.165) is 26.3 Å². The van der Waals surface area contributed by atoms with E-state index in [1.54, 1.807) is 0 Å². The Bertz CT molecular complexity index is 91.0. The first-order chi connectivity index (χ1) is 4.73. The molecular weight excluding hydrogens is 212 g/mol. The molecule has 0 radical (unpaired) electrons. The summed E-state index contributed by atoms with van der Waals surface area (Å²) in [4.78, 5) is 14.2. The van der Waals surface area contributed by atoms with Crippen LogP contribution in [0.1, 0.15) is 1.43 Å². The van der Waals surface area contributed by atoms with Crippen LogP contribution in [0.5, 0.6) is 0 Å². The van der Waals surface area contributed by atoms with Gasteiger partial charge in [-0.25, -0.2) is 0 Å². The van der Waals surface area contributed by atoms with E-state index >= 15 is 0 Å². The molecule has 1 saturated heterocycles. The summed E-state index contributed by atoms with van der Waals surface area (Å²) in [6.45, 7) is 3.83. The maximum absolute atomic E-state index is 8.70. The third-order valence-electron chi connectivity index (χ3n) is 0.846. The summed E-state index contributed by atoms with van der Waals surface area (Å²) in [5, 5.41) is 3.16. The second-order valence-corrected chi connectivity index (χ2v) is 2.12. The predicted octanol–water partition coefficient (Wildman–Crippen LogP) is -4.47. The van der Waals surface area contributed by atoms with E-state index in [1.165, 1.54) is 0 Å². The number of rotatable bonds is 0. The minimum Gasteiger partial charge on any atom is -1.00 e. The van der Waals surface area contributed by atoms with Gasteiger partial charge in [-0.05, 0) is 0 Å². The van der Waals surface area contributed by atoms with Crippen LogP contribution in [0, 0.1) is 0 Å². The summed E-state index contributed by atoms with van der Waals surface area (Å²) in [5.41, 5.74) is 0. The Labute approximate surface area is 116 Å². The zero-order valence-corrected chi connectivity index (χ0v) is 11.0. The van der Waals surface area contributed by atoms with Gasteiger partial charge in [-0.1, -0.05) is 0 Å². The third kappa shape index (κ3) is 22.5. The second kappa shape index (κ2) is 15.0. The van der Waals surface area contributed by atoms with Crippen LogP contribution >= 0.6 is 8.25 Å². The van der Waals surface area contributed by atoms with Crippen LogP contribution < -0.4 is 56.7 Å². The Kier molecular flexibility index (Phi) is 24.0. The van der Waals surface area contributed by atoms with Crippen LogP contribution in [0.2, 0.25) is 0 Å². The van der Waals surface area contributed by atoms with Crippen molar-refractivity contribution in [1.29, 1.82) is 0 Å². The van der Waals surface area contributed by atoms with Crippen molar-refractivity contribution in [3.8, 4) is 0 Å². The predicted molar refractivity (Wildman–Crippen MR) is 40.5 cm³/mol. The molecule has 1 heterocycles. The molecule has 0 bridgehead atoms. The number of hydrogen-bond donors (Lipinski definition) is 3. The van der Waals surface area contributed by atoms with E-state index < -0.39 is 8.25 Å². The first kappa shape index (κ1) is 19.2. The van der Waals surface area contributed by atoms with E-state index in [4.69, 9.17) is 19.1 Å². The molecule has 0 spiro atoms. The van der Waals surface area contributed by atoms with Gasteiger partial charge in [0.2, 0.25) is 0 Å². The zero-order chi connectivity index (χ0) is 7.82. The molecular formula is C4H14KNO5P+. The minimum atomic E-state index is -2.87. The first-order valence-corrected chi connectivity index (χ1v) is 4.03. The van der Waals surface area contributed by atoms with Crippen molar-refractivity contribution >= 4 is 8.25 Å². The van der Waals surface area contributed by atoms with Gasteiger partial charge in [-0.15, -0.1) is 9.79 Å². The van der Waals surface area contributed by atoms with E-state index in [2.05, 4.69) is 5.32 Å². The van der Waals surface area contributed by atoms with Gasteiger partial charge in [0.25, 0.3) is 0 Å². The molecule has 5 N–H and O–H groups in total. The first-order valence-electron chi connectivity index (χ1n) is 2.87. The van der Waals surface area contributed by atoms with Crippen LogP contribution in [0.25, 0.3) is 0 Å². The molecule has 8 heteroatoms. The Morgan fingerprint density at radius 2 is 1.67 bits per heavy atom. The van der Waals surface area contributed by atoms with Crippen LogP contribution in [0.3, 0.4) is 0 Å². The van der Waals surface area contributed by atoms with Gasteiger partial charge in [0.05, 0.1) is 13.2 Å². The molecule has 0 amide bonds. The van der Waals surface area contributed by atoms with Gasteiger partial charge in [0.1, 0.15) is 0 Å². The number of ether oxygens (including phenoxy) is 1. The number of nitrogens with one attached hydrogen (secondary N) is 1. The monoisotopic (exact) mass is 226 g/mol. The fourth-order valence-electron chi connectivity index (χ4n) is 0.516. The van der Waals surface area contributed by atoms with Gasteiger partial charge in [-0.3, -0.25) is 0 Å². The Balaban J connectivity index is -0.0000000536. The molecule has 1 aliphatic heterocycles. The van der Waals surface area contributed by atoms with E-state index in [0.29, 0.717) is 0 Å². The molecule has 0 aromatic rings. The molecule has 0 unspecified atom stereocenters. The van der Waals surface area contributed by atoms with Gasteiger partial charge in [0.15, 0.2) is 0 Å². The van der Waals surface area contributed by atoms with Gasteiger partial charge in [0, 0.05) is 17.7 Å². The number of morpholine rings is 1. The standard InChI is InChI=1S/C4H9NO.K.HO3P.H2O.H/c1-3-6-4-2-5-1;;1-4(2)3;;/h5H,1-4H2;;(H-,1,2,3);1H2;/q;+1;;;-1/p+1. The molecule has 1 fully saturated rings. The van der Waals surface area contributed by atoms with E-state index in [9.17, 15) is 0 Å². The van der Waals surface area contributed by atoms with Crippen LogP contribution in [-0.4, -0.2) is 41.6 Å². The maximum Gasteiger partial charge on any atom is 1.00 e. The number of hydrogen-bond acceptors (Lipinski definition) is 3. The molecule has 0 aromatic carbocycles. The van der Waals surface area contributed by atoms with Crippen molar-refractivity contribution in [2.75, 3.05) is 26.3 Å². The maximum atomic E-state index is 8.70. The van der Waals surface area contributed by atoms with Crippen molar-refractivity contribution < 1.29 is 77.4 Å². The van der Waals surface area contributed by atoms with Crippen LogP contribution in [0.15, 0.2) is 0 Å². The van der Waals surface area contributed by atoms with Gasteiger partial charge >= 0.3 is 59.6 Å². The van der Waals surface area contributed by atoms with E-state index in [-0.39, 0.29) is 58.3 Å². The van der Waals surface area contributed by atoms with Gasteiger partial charge < -0.3 is 17.0 Å². The molecule has 1 rings (SSSR count). The minimum absolute atomic E-state index is 0. The summed E-state index contributed by atoms with van der Waals surface area (Å²) in [6, 6.07) is 0. The molecule has 1 aliphatic rings. The summed E-state index contributed by atoms with van der Waals surface area (Å²) < 4.78 is 13.7. The van der Waals surface area contributed by atoms with Crippen molar-refractivity contribution in [2.45, 2.75) is 0 Å². The summed E-state index contributed by atoms with van der Waals surface area (Å²) in [7, 11) is -2.87. The van der Waals surface area contributed by atoms with Crippen molar-refractivity contribution in [3.05, 3.63) is 0 Å². The van der Waals surface area contributed by atoms with Crippen LogP contribution in [-0.2, 0) is 9.30 Å². The smallest absolute Gasteiger partial charge is 1.00 e. The summed E-state index contributed by atoms with van der Waals surface area (Å²) in [5.74, 6) is 0. The largest absolute Gasteiger partial charge is 1.00 e. The molecule has 12 heavy (non-hydrogen) atoms. The average molecular weight is 226 g/mol. The molecule has 6 nitrogen and oxygen atoms in total. The topological polar surface area (TPSA) is 110 Å². The SMILES string of the molecule is C1COCCN1.O.O=[P+](O)O.[H-].[K+]. The fraction of sp³-hybridized carbons (Fsp3) is 1.00. The Morgan fingerprint density at radius 3 is 1.75 bits per heavy atom. The zero-order valence-electron chi connectivity index (χ0n) is 7.99.